The maximum atomic E-state index is 7.15. The van der Waals surface area contributed by atoms with Crippen LogP contribution in [0.1, 0.15) is 130 Å². The number of thiophene rings is 3. The van der Waals surface area contributed by atoms with Crippen LogP contribution in [-0.2, 0) is 21.1 Å². The molecule has 3 aromatic heterocycles. The smallest absolute Gasteiger partial charge is 0.122 e. The van der Waals surface area contributed by atoms with Gasteiger partial charge in [0.25, 0.3) is 0 Å². The molecule has 0 fully saturated rings. The molecule has 3 rings (SSSR count). The summed E-state index contributed by atoms with van der Waals surface area (Å²) in [5.74, 6) is 5.12. The van der Waals surface area contributed by atoms with Gasteiger partial charge in [0.2, 0.25) is 14.6 Å². The largest absolute Gasteiger partial charge is 0.231 e. The first kappa shape index (κ1) is 45.8. The van der Waals surface area contributed by atoms with Gasteiger partial charge < -0.3 is 0 Å². The van der Waals surface area contributed by atoms with Crippen LogP contribution in [-0.4, -0.2) is 37.0 Å². The SMILES string of the molecule is CCCCP(CCCC)CCCC.CCCCP(CCCC)CCCC.[C]#Cc1ccc(-c2ccc(-c3ccc(C#C)s3)[sH+]2)[sH+]1.[HH].[Pt]. The molecule has 0 aromatic carbocycles. The van der Waals surface area contributed by atoms with Crippen molar-refractivity contribution in [1.29, 1.82) is 0 Å². The molecule has 0 saturated heterocycles. The van der Waals surface area contributed by atoms with Crippen LogP contribution in [0.15, 0.2) is 36.4 Å². The molecule has 0 N–H and O–H groups in total. The summed E-state index contributed by atoms with van der Waals surface area (Å²) < 4.78 is 0. The third kappa shape index (κ3) is 20.3. The van der Waals surface area contributed by atoms with E-state index in [2.05, 4.69) is 77.6 Å². The van der Waals surface area contributed by atoms with Crippen molar-refractivity contribution in [1.82, 2.24) is 0 Å². The van der Waals surface area contributed by atoms with Gasteiger partial charge >= 0.3 is 0 Å². The molecule has 0 amide bonds. The van der Waals surface area contributed by atoms with Gasteiger partial charge in [-0.05, 0) is 117 Å². The maximum Gasteiger partial charge on any atom is 0.231 e. The van der Waals surface area contributed by atoms with Crippen LogP contribution in [0.3, 0.4) is 0 Å². The molecular formula is C40H65P2PtS3+2. The molecule has 0 bridgehead atoms. The molecule has 0 spiro atoms. The maximum absolute atomic E-state index is 7.15. The van der Waals surface area contributed by atoms with Crippen LogP contribution in [0.25, 0.3) is 19.5 Å². The minimum Gasteiger partial charge on any atom is -0.122 e. The fraction of sp³-hybridized carbons (Fsp3) is 0.600. The van der Waals surface area contributed by atoms with E-state index in [1.54, 1.807) is 48.3 Å². The minimum absolute atomic E-state index is 0. The quantitative estimate of drug-likeness (QED) is 0.0602. The second-order valence-corrected chi connectivity index (χ2v) is 20.5. The molecular weight excluding hydrogens is 834 g/mol. The summed E-state index contributed by atoms with van der Waals surface area (Å²) in [4.78, 5) is 6.99. The Kier molecular flexibility index (Phi) is 30.6. The summed E-state index contributed by atoms with van der Waals surface area (Å²) in [5.41, 5.74) is 0. The van der Waals surface area contributed by atoms with E-state index in [0.29, 0.717) is 15.8 Å². The molecule has 1 radical (unpaired) electrons. The first-order chi connectivity index (χ1) is 22.0. The predicted octanol–water partition coefficient (Wildman–Crippen LogP) is 14.6. The number of hydrogen-bond acceptors (Lipinski definition) is 1. The molecule has 0 unspecified atom stereocenters. The fourth-order valence-corrected chi connectivity index (χ4v) is 13.7. The summed E-state index contributed by atoms with van der Waals surface area (Å²) >= 11 is 3.96. The van der Waals surface area contributed by atoms with Gasteiger partial charge in [0.05, 0.1) is 9.75 Å². The summed E-state index contributed by atoms with van der Waals surface area (Å²) in [6, 6.07) is 12.4. The van der Waals surface area contributed by atoms with Crippen molar-refractivity contribution >= 4 is 49.9 Å². The van der Waals surface area contributed by atoms with Gasteiger partial charge in [-0.2, -0.15) is 0 Å². The average Bonchev–Trinajstić information content (AvgIpc) is 3.85. The van der Waals surface area contributed by atoms with Crippen molar-refractivity contribution in [2.45, 2.75) is 119 Å². The normalized spacial score (nSPS) is 10.4. The van der Waals surface area contributed by atoms with Gasteiger partial charge in [-0.25, -0.2) is 0 Å². The van der Waals surface area contributed by atoms with Crippen LogP contribution in [0.5, 0.6) is 0 Å². The minimum atomic E-state index is 0. The Morgan fingerprint density at radius 3 is 1.35 bits per heavy atom. The molecule has 0 nitrogen and oxygen atoms in total. The number of terminal acetylenes is 1. The van der Waals surface area contributed by atoms with E-state index in [0.717, 1.165) is 21.1 Å². The molecule has 46 heavy (non-hydrogen) atoms. The number of rotatable bonds is 20. The predicted molar refractivity (Wildman–Crippen MR) is 223 cm³/mol. The molecule has 0 aliphatic heterocycles. The van der Waals surface area contributed by atoms with Gasteiger partial charge in [-0.15, -0.1) is 33.6 Å². The Bertz CT molecular complexity index is 1070. The van der Waals surface area contributed by atoms with E-state index in [9.17, 15) is 0 Å². The molecule has 0 aliphatic rings. The fourth-order valence-electron chi connectivity index (χ4n) is 4.73. The summed E-state index contributed by atoms with van der Waals surface area (Å²) in [7, 11) is 0.843. The Balaban J connectivity index is 0. The topological polar surface area (TPSA) is 0 Å². The van der Waals surface area contributed by atoms with Crippen molar-refractivity contribution in [3.05, 3.63) is 52.6 Å². The van der Waals surface area contributed by atoms with Crippen molar-refractivity contribution in [2.75, 3.05) is 37.0 Å². The zero-order valence-electron chi connectivity index (χ0n) is 29.8. The number of unbranched alkanes of at least 4 members (excludes halogenated alkanes) is 6. The molecule has 6 heteroatoms. The Morgan fingerprint density at radius 2 is 1.00 bits per heavy atom. The second-order valence-electron chi connectivity index (χ2n) is 11.7. The van der Waals surface area contributed by atoms with E-state index in [1.165, 1.54) is 108 Å². The summed E-state index contributed by atoms with van der Waals surface area (Å²) in [6.45, 7) is 13.9. The third-order valence-corrected chi connectivity index (χ3v) is 17.1. The van der Waals surface area contributed by atoms with Gasteiger partial charge in [0.15, 0.2) is 4.88 Å². The molecule has 0 saturated carbocycles. The standard InChI is InChI=1S/C16H7S3.2C12H27P.Pt.H2/c1-3-11-5-7-13(17-11)15-9-10-16(19-15)14-8-6-12(4-2)18-14;2*1-4-7-10-13(11-8-5-2)12-9-6-3;;/h1,5-10H;2*4-12H2,1-3H3;;1H/p+2. The van der Waals surface area contributed by atoms with Gasteiger partial charge in [-0.3, -0.25) is 0 Å². The van der Waals surface area contributed by atoms with E-state index >= 15 is 0 Å². The van der Waals surface area contributed by atoms with Crippen LogP contribution >= 0.6 is 49.9 Å². The zero-order chi connectivity index (χ0) is 33.1. The van der Waals surface area contributed by atoms with Gasteiger partial charge in [-0.1, -0.05) is 86.0 Å². The first-order valence-electron chi connectivity index (χ1n) is 17.7. The van der Waals surface area contributed by atoms with E-state index in [4.69, 9.17) is 12.8 Å². The first-order valence-corrected chi connectivity index (χ1v) is 24.1. The average molecular weight is 899 g/mol. The Labute approximate surface area is 316 Å². The van der Waals surface area contributed by atoms with Crippen molar-refractivity contribution in [2.24, 2.45) is 0 Å². The number of hydrogen-bond donors (Lipinski definition) is 0. The van der Waals surface area contributed by atoms with E-state index in [-0.39, 0.29) is 22.5 Å². The van der Waals surface area contributed by atoms with Crippen LogP contribution in [0, 0.1) is 24.7 Å². The van der Waals surface area contributed by atoms with Gasteiger partial charge in [0, 0.05) is 52.7 Å². The molecule has 261 valence electrons. The van der Waals surface area contributed by atoms with Crippen molar-refractivity contribution in [3.63, 3.8) is 0 Å². The van der Waals surface area contributed by atoms with Gasteiger partial charge in [0.1, 0.15) is 0 Å². The molecule has 3 heterocycles. The second kappa shape index (κ2) is 30.8. The van der Waals surface area contributed by atoms with Crippen LogP contribution < -0.4 is 0 Å². The summed E-state index contributed by atoms with van der Waals surface area (Å²) in [6.07, 6.45) is 39.0. The Hall–Kier alpha value is -0.232. The summed E-state index contributed by atoms with van der Waals surface area (Å²) in [5, 5.41) is 0. The van der Waals surface area contributed by atoms with E-state index < -0.39 is 0 Å². The van der Waals surface area contributed by atoms with Crippen LogP contribution in [0.4, 0.5) is 0 Å². The monoisotopic (exact) mass is 898 g/mol. The van der Waals surface area contributed by atoms with Crippen molar-refractivity contribution in [3.8, 4) is 37.8 Å². The molecule has 0 aliphatic carbocycles. The molecule has 0 atom stereocenters. The third-order valence-electron chi connectivity index (χ3n) is 7.64. The molecule has 3 aromatic rings. The Morgan fingerprint density at radius 1 is 0.609 bits per heavy atom. The zero-order valence-corrected chi connectivity index (χ0v) is 36.4. The van der Waals surface area contributed by atoms with Crippen LogP contribution in [0.2, 0.25) is 0 Å². The van der Waals surface area contributed by atoms with Crippen molar-refractivity contribution < 1.29 is 22.5 Å². The van der Waals surface area contributed by atoms with E-state index in [1.807, 2.05) is 12.1 Å².